The highest BCUT2D eigenvalue weighted by Crippen LogP contribution is 2.32. The second kappa shape index (κ2) is 11.3. The van der Waals surface area contributed by atoms with E-state index in [2.05, 4.69) is 6.92 Å². The topological polar surface area (TPSA) is 85.0 Å². The van der Waals surface area contributed by atoms with Crippen molar-refractivity contribution in [2.75, 3.05) is 6.61 Å². The summed E-state index contributed by atoms with van der Waals surface area (Å²) in [5.41, 5.74) is 4.62. The fourth-order valence-corrected chi connectivity index (χ4v) is 5.05. The van der Waals surface area contributed by atoms with Crippen LogP contribution in [-0.2, 0) is 9.84 Å². The number of unbranched alkanes of at least 4 members (excludes halogenated alkanes) is 1. The van der Waals surface area contributed by atoms with Crippen LogP contribution in [0.5, 0.6) is 5.75 Å². The normalized spacial score (nSPS) is 11.8. The van der Waals surface area contributed by atoms with Crippen LogP contribution in [0.3, 0.4) is 0 Å². The number of aromatic nitrogens is 2. The zero-order valence-corrected chi connectivity index (χ0v) is 22.0. The lowest BCUT2D eigenvalue weighted by atomic mass is 10.0. The van der Waals surface area contributed by atoms with Gasteiger partial charge in [-0.2, -0.15) is 10.4 Å². The van der Waals surface area contributed by atoms with Gasteiger partial charge in [0, 0.05) is 17.3 Å². The molecule has 1 heterocycles. The van der Waals surface area contributed by atoms with Gasteiger partial charge in [0.1, 0.15) is 22.4 Å². The van der Waals surface area contributed by atoms with E-state index in [4.69, 9.17) is 9.84 Å². The fourth-order valence-electron chi connectivity index (χ4n) is 3.90. The third-order valence-electron chi connectivity index (χ3n) is 6.00. The van der Waals surface area contributed by atoms with Gasteiger partial charge in [0.05, 0.1) is 17.2 Å². The average Bonchev–Trinajstić information content (AvgIpc) is 3.32. The standard InChI is InChI=1S/C30H29N3O3S/c1-4-5-17-36-26-13-16-29(23(3)18-26)30-24(21-33(32-30)25-9-7-6-8-10-25)19-28(20-31)37(34,35)27-14-11-22(2)12-15-27/h6-16,18-19,21H,4-5,17H2,1-3H3/b28-19+. The molecule has 0 radical (unpaired) electrons. The Morgan fingerprint density at radius 1 is 1.05 bits per heavy atom. The third kappa shape index (κ3) is 5.82. The molecule has 0 spiro atoms. The molecule has 0 aliphatic heterocycles. The first kappa shape index (κ1) is 25.9. The molecule has 0 saturated heterocycles. The summed E-state index contributed by atoms with van der Waals surface area (Å²) in [6, 6.07) is 23.7. The Morgan fingerprint density at radius 3 is 2.43 bits per heavy atom. The van der Waals surface area contributed by atoms with Crippen molar-refractivity contribution in [3.05, 3.63) is 101 Å². The van der Waals surface area contributed by atoms with Crippen molar-refractivity contribution in [3.63, 3.8) is 0 Å². The summed E-state index contributed by atoms with van der Waals surface area (Å²) in [5, 5.41) is 14.7. The Hall–Kier alpha value is -4.15. The van der Waals surface area contributed by atoms with Gasteiger partial charge in [0.2, 0.25) is 9.84 Å². The fraction of sp³-hybridized carbons (Fsp3) is 0.200. The summed E-state index contributed by atoms with van der Waals surface area (Å²) in [6.07, 6.45) is 5.18. The summed E-state index contributed by atoms with van der Waals surface area (Å²) in [4.78, 5) is -0.268. The predicted octanol–water partition coefficient (Wildman–Crippen LogP) is 6.67. The van der Waals surface area contributed by atoms with Gasteiger partial charge in [0.25, 0.3) is 0 Å². The monoisotopic (exact) mass is 511 g/mol. The number of sulfone groups is 1. The minimum absolute atomic E-state index is 0.0765. The second-order valence-electron chi connectivity index (χ2n) is 8.83. The first-order valence-corrected chi connectivity index (χ1v) is 13.6. The maximum absolute atomic E-state index is 13.3. The number of aryl methyl sites for hydroxylation is 2. The zero-order chi connectivity index (χ0) is 26.4. The Balaban J connectivity index is 1.83. The van der Waals surface area contributed by atoms with Gasteiger partial charge in [-0.3, -0.25) is 0 Å². The molecule has 3 aromatic carbocycles. The Labute approximate surface area is 218 Å². The van der Waals surface area contributed by atoms with E-state index in [1.54, 1.807) is 23.0 Å². The number of nitrogens with zero attached hydrogens (tertiary/aromatic N) is 3. The van der Waals surface area contributed by atoms with E-state index in [-0.39, 0.29) is 9.80 Å². The van der Waals surface area contributed by atoms with E-state index in [1.165, 1.54) is 18.2 Å². The SMILES string of the molecule is CCCCOc1ccc(-c2nn(-c3ccccc3)cc2/C=C(\C#N)S(=O)(=O)c2ccc(C)cc2)c(C)c1. The molecule has 0 aliphatic carbocycles. The number of ether oxygens (including phenoxy) is 1. The number of rotatable bonds is 9. The van der Waals surface area contributed by atoms with Crippen molar-refractivity contribution in [1.29, 1.82) is 5.26 Å². The van der Waals surface area contributed by atoms with Crippen LogP contribution in [0, 0.1) is 25.2 Å². The zero-order valence-electron chi connectivity index (χ0n) is 21.2. The number of hydrogen-bond donors (Lipinski definition) is 0. The molecular formula is C30H29N3O3S. The molecule has 0 atom stereocenters. The molecule has 0 unspecified atom stereocenters. The molecule has 0 amide bonds. The molecule has 0 fully saturated rings. The predicted molar refractivity (Wildman–Crippen MR) is 146 cm³/mol. The Bertz CT molecular complexity index is 1560. The number of hydrogen-bond acceptors (Lipinski definition) is 5. The molecule has 0 bridgehead atoms. The molecule has 4 rings (SSSR count). The van der Waals surface area contributed by atoms with Gasteiger partial charge in [0.15, 0.2) is 0 Å². The van der Waals surface area contributed by atoms with Crippen LogP contribution in [0.4, 0.5) is 0 Å². The molecule has 37 heavy (non-hydrogen) atoms. The maximum Gasteiger partial charge on any atom is 0.216 e. The molecule has 0 N–H and O–H groups in total. The van der Waals surface area contributed by atoms with E-state index < -0.39 is 9.84 Å². The number of allylic oxidation sites excluding steroid dienone is 1. The lowest BCUT2D eigenvalue weighted by Crippen LogP contribution is -2.03. The molecule has 0 saturated carbocycles. The van der Waals surface area contributed by atoms with Crippen molar-refractivity contribution in [2.24, 2.45) is 0 Å². The molecule has 188 valence electrons. The summed E-state index contributed by atoms with van der Waals surface area (Å²) >= 11 is 0. The second-order valence-corrected chi connectivity index (χ2v) is 10.7. The van der Waals surface area contributed by atoms with E-state index in [1.807, 2.05) is 68.4 Å². The Morgan fingerprint density at radius 2 is 1.78 bits per heavy atom. The van der Waals surface area contributed by atoms with Gasteiger partial charge in [-0.15, -0.1) is 0 Å². The molecular weight excluding hydrogens is 482 g/mol. The smallest absolute Gasteiger partial charge is 0.216 e. The Kier molecular flexibility index (Phi) is 7.90. The van der Waals surface area contributed by atoms with Crippen molar-refractivity contribution in [3.8, 4) is 28.8 Å². The number of nitriles is 1. The van der Waals surface area contributed by atoms with Gasteiger partial charge < -0.3 is 4.74 Å². The van der Waals surface area contributed by atoms with Gasteiger partial charge in [-0.05, 0) is 74.4 Å². The first-order valence-electron chi connectivity index (χ1n) is 12.2. The van der Waals surface area contributed by atoms with Crippen LogP contribution in [0.1, 0.15) is 36.5 Å². The van der Waals surface area contributed by atoms with Crippen LogP contribution in [-0.4, -0.2) is 24.8 Å². The van der Waals surface area contributed by atoms with Gasteiger partial charge in [-0.25, -0.2) is 13.1 Å². The van der Waals surface area contributed by atoms with Crippen molar-refractivity contribution in [1.82, 2.24) is 9.78 Å². The largest absolute Gasteiger partial charge is 0.494 e. The van der Waals surface area contributed by atoms with Crippen LogP contribution in [0.15, 0.2) is 88.8 Å². The van der Waals surface area contributed by atoms with E-state index in [0.717, 1.165) is 41.0 Å². The van der Waals surface area contributed by atoms with E-state index in [0.29, 0.717) is 17.9 Å². The lowest BCUT2D eigenvalue weighted by molar-refractivity contribution is 0.309. The van der Waals surface area contributed by atoms with Gasteiger partial charge in [-0.1, -0.05) is 49.2 Å². The summed E-state index contributed by atoms with van der Waals surface area (Å²) in [5.74, 6) is 0.772. The average molecular weight is 512 g/mol. The highest BCUT2D eigenvalue weighted by Gasteiger charge is 2.23. The number of benzene rings is 3. The molecule has 6 nitrogen and oxygen atoms in total. The summed E-state index contributed by atoms with van der Waals surface area (Å²) in [6.45, 7) is 6.61. The summed E-state index contributed by atoms with van der Waals surface area (Å²) < 4.78 is 34.2. The minimum Gasteiger partial charge on any atom is -0.494 e. The molecule has 7 heteroatoms. The molecule has 1 aromatic heterocycles. The van der Waals surface area contributed by atoms with Crippen LogP contribution < -0.4 is 4.74 Å². The number of para-hydroxylation sites is 1. The maximum atomic E-state index is 13.3. The quantitative estimate of drug-likeness (QED) is 0.185. The van der Waals surface area contributed by atoms with Crippen molar-refractivity contribution >= 4 is 15.9 Å². The highest BCUT2D eigenvalue weighted by molar-refractivity contribution is 7.95. The molecule has 0 aliphatic rings. The van der Waals surface area contributed by atoms with E-state index >= 15 is 0 Å². The first-order chi connectivity index (χ1) is 17.8. The van der Waals surface area contributed by atoms with Crippen molar-refractivity contribution < 1.29 is 13.2 Å². The van der Waals surface area contributed by atoms with Crippen molar-refractivity contribution in [2.45, 2.75) is 38.5 Å². The van der Waals surface area contributed by atoms with Crippen LogP contribution in [0.25, 0.3) is 23.0 Å². The minimum atomic E-state index is -4.01. The lowest BCUT2D eigenvalue weighted by Gasteiger charge is -2.10. The highest BCUT2D eigenvalue weighted by atomic mass is 32.2. The van der Waals surface area contributed by atoms with E-state index in [9.17, 15) is 13.7 Å². The van der Waals surface area contributed by atoms with Crippen LogP contribution >= 0.6 is 0 Å². The van der Waals surface area contributed by atoms with Crippen LogP contribution in [0.2, 0.25) is 0 Å². The van der Waals surface area contributed by atoms with Gasteiger partial charge >= 0.3 is 0 Å². The third-order valence-corrected chi connectivity index (χ3v) is 7.68. The summed E-state index contributed by atoms with van der Waals surface area (Å²) in [7, 11) is -4.01. The molecule has 4 aromatic rings.